The Labute approximate surface area is 219 Å². The van der Waals surface area contributed by atoms with Crippen LogP contribution in [0.25, 0.3) is 0 Å². The summed E-state index contributed by atoms with van der Waals surface area (Å²) in [6, 6.07) is 9.88. The largest absolute Gasteiger partial charge is 0.416 e. The molecule has 2 heterocycles. The third-order valence-corrected chi connectivity index (χ3v) is 7.66. The molecule has 200 valence electrons. The van der Waals surface area contributed by atoms with E-state index in [-0.39, 0.29) is 42.5 Å². The first-order chi connectivity index (χ1) is 18.6. The average molecular weight is 539 g/mol. The van der Waals surface area contributed by atoms with Gasteiger partial charge in [-0.15, -0.1) is 0 Å². The topological polar surface area (TPSA) is 103 Å². The molecule has 0 bridgehead atoms. The van der Waals surface area contributed by atoms with Crippen LogP contribution >= 0.6 is 0 Å². The van der Waals surface area contributed by atoms with Crippen LogP contribution in [0.4, 0.5) is 23.2 Å². The number of hydrogen-bond acceptors (Lipinski definition) is 6. The number of carbonyl (C=O) groups excluding carboxylic acids is 2. The Morgan fingerprint density at radius 3 is 2.41 bits per heavy atom. The van der Waals surface area contributed by atoms with Gasteiger partial charge in [0.25, 0.3) is 5.91 Å². The molecule has 3 aromatic rings. The first-order valence-electron chi connectivity index (χ1n) is 12.4. The summed E-state index contributed by atoms with van der Waals surface area (Å²) >= 11 is 0. The van der Waals surface area contributed by atoms with Crippen molar-refractivity contribution in [1.82, 2.24) is 15.0 Å². The van der Waals surface area contributed by atoms with Gasteiger partial charge in [-0.2, -0.15) is 23.4 Å². The standard InChI is InChI=1S/C27H21F4N5O3/c28-20-9-16(12-32)3-8-21(20)35-14-22(37)36(13-15-1-6-19(7-2-15)27(29,30)31)26(25(35)38)10-18(11-26)24-33-23(34-39-24)17-4-5-17/h1-3,6-9,17-18H,4-5,10-11,13-14H2/t18-,26-. The second-order valence-electron chi connectivity index (χ2n) is 10.2. The molecule has 12 heteroatoms. The Morgan fingerprint density at radius 2 is 1.79 bits per heavy atom. The maximum atomic E-state index is 14.9. The molecule has 3 fully saturated rings. The number of aromatic nitrogens is 2. The second-order valence-corrected chi connectivity index (χ2v) is 10.2. The SMILES string of the molecule is N#Cc1ccc(N2CC(=O)N(Cc3ccc(C(F)(F)F)cc3)[C@]3(C[C@H](c4nc(C5CC5)no4)C3)C2=O)c(F)c1. The third-order valence-electron chi connectivity index (χ3n) is 7.66. The first-order valence-corrected chi connectivity index (χ1v) is 12.4. The van der Waals surface area contributed by atoms with Gasteiger partial charge < -0.3 is 9.42 Å². The maximum absolute atomic E-state index is 14.9. The lowest BCUT2D eigenvalue weighted by Gasteiger charge is -2.56. The van der Waals surface area contributed by atoms with Crippen LogP contribution in [-0.4, -0.2) is 38.9 Å². The van der Waals surface area contributed by atoms with E-state index >= 15 is 0 Å². The molecule has 2 saturated carbocycles. The number of rotatable bonds is 5. The fourth-order valence-corrected chi connectivity index (χ4v) is 5.35. The Balaban J connectivity index is 1.32. The van der Waals surface area contributed by atoms with Crippen molar-refractivity contribution in [3.8, 4) is 6.07 Å². The number of nitrogens with zero attached hydrogens (tertiary/aromatic N) is 5. The van der Waals surface area contributed by atoms with Gasteiger partial charge in [0, 0.05) is 18.4 Å². The molecule has 0 radical (unpaired) electrons. The Kier molecular flexibility index (Phi) is 5.71. The zero-order chi connectivity index (χ0) is 27.5. The number of nitriles is 1. The van der Waals surface area contributed by atoms with E-state index < -0.39 is 41.5 Å². The van der Waals surface area contributed by atoms with Crippen LogP contribution in [0.1, 0.15) is 65.9 Å². The molecular weight excluding hydrogens is 518 g/mol. The molecule has 2 aliphatic carbocycles. The van der Waals surface area contributed by atoms with E-state index in [0.29, 0.717) is 17.3 Å². The normalized spacial score (nSPS) is 23.2. The Morgan fingerprint density at radius 1 is 1.08 bits per heavy atom. The lowest BCUT2D eigenvalue weighted by molar-refractivity contribution is -0.160. The number of hydrogen-bond donors (Lipinski definition) is 0. The minimum atomic E-state index is -4.51. The van der Waals surface area contributed by atoms with E-state index in [4.69, 9.17) is 9.78 Å². The van der Waals surface area contributed by atoms with E-state index in [0.717, 1.165) is 35.9 Å². The van der Waals surface area contributed by atoms with Crippen molar-refractivity contribution in [3.05, 3.63) is 76.7 Å². The summed E-state index contributed by atoms with van der Waals surface area (Å²) in [5, 5.41) is 13.1. The van der Waals surface area contributed by atoms with Crippen LogP contribution in [0.2, 0.25) is 0 Å². The first kappa shape index (κ1) is 25.0. The Hall–Kier alpha value is -4.27. The summed E-state index contributed by atoms with van der Waals surface area (Å²) in [7, 11) is 0. The van der Waals surface area contributed by atoms with Crippen molar-refractivity contribution in [3.63, 3.8) is 0 Å². The zero-order valence-electron chi connectivity index (χ0n) is 20.4. The quantitative estimate of drug-likeness (QED) is 0.437. The van der Waals surface area contributed by atoms with Crippen LogP contribution in [0.5, 0.6) is 0 Å². The van der Waals surface area contributed by atoms with Gasteiger partial charge in [0.05, 0.1) is 22.9 Å². The highest BCUT2D eigenvalue weighted by atomic mass is 19.4. The number of anilines is 1. The Bertz CT molecular complexity index is 1500. The summed E-state index contributed by atoms with van der Waals surface area (Å²) in [6.45, 7) is -0.558. The van der Waals surface area contributed by atoms with Crippen LogP contribution < -0.4 is 4.90 Å². The molecule has 0 N–H and O–H groups in total. The number of amides is 2. The lowest BCUT2D eigenvalue weighted by atomic mass is 9.65. The third kappa shape index (κ3) is 4.31. The van der Waals surface area contributed by atoms with E-state index in [9.17, 15) is 27.2 Å². The fraction of sp³-hybridized carbons (Fsp3) is 0.370. The summed E-state index contributed by atoms with van der Waals surface area (Å²) in [5.74, 6) is -0.901. The van der Waals surface area contributed by atoms with Gasteiger partial charge in [-0.3, -0.25) is 14.5 Å². The van der Waals surface area contributed by atoms with E-state index in [1.165, 1.54) is 29.2 Å². The van der Waals surface area contributed by atoms with Gasteiger partial charge in [-0.25, -0.2) is 4.39 Å². The smallest absolute Gasteiger partial charge is 0.339 e. The number of benzene rings is 2. The summed E-state index contributed by atoms with van der Waals surface area (Å²) in [5.41, 5.74) is -1.85. The summed E-state index contributed by atoms with van der Waals surface area (Å²) < 4.78 is 59.5. The average Bonchev–Trinajstić information content (AvgIpc) is 3.62. The fourth-order valence-electron chi connectivity index (χ4n) is 5.35. The van der Waals surface area contributed by atoms with E-state index in [1.807, 2.05) is 6.07 Å². The van der Waals surface area contributed by atoms with Gasteiger partial charge in [0.15, 0.2) is 5.82 Å². The predicted molar refractivity (Wildman–Crippen MR) is 126 cm³/mol. The molecule has 8 nitrogen and oxygen atoms in total. The van der Waals surface area contributed by atoms with Crippen molar-refractivity contribution in [2.24, 2.45) is 0 Å². The minimum Gasteiger partial charge on any atom is -0.339 e. The molecule has 0 unspecified atom stereocenters. The van der Waals surface area contributed by atoms with E-state index in [2.05, 4.69) is 10.1 Å². The summed E-state index contributed by atoms with van der Waals surface area (Å²) in [4.78, 5) is 34.3. The molecular formula is C27H21F4N5O3. The number of carbonyl (C=O) groups is 2. The monoisotopic (exact) mass is 539 g/mol. The summed E-state index contributed by atoms with van der Waals surface area (Å²) in [6.07, 6.45) is -2.27. The predicted octanol–water partition coefficient (Wildman–Crippen LogP) is 4.67. The van der Waals surface area contributed by atoms with Crippen molar-refractivity contribution >= 4 is 17.5 Å². The van der Waals surface area contributed by atoms with Crippen molar-refractivity contribution < 1.29 is 31.7 Å². The second kappa shape index (κ2) is 8.90. The molecule has 2 aromatic carbocycles. The number of halogens is 4. The minimum absolute atomic E-state index is 0.0669. The highest BCUT2D eigenvalue weighted by molar-refractivity contribution is 6.10. The lowest BCUT2D eigenvalue weighted by Crippen LogP contribution is -2.72. The van der Waals surface area contributed by atoms with Crippen LogP contribution in [0.3, 0.4) is 0 Å². The molecule has 0 atom stereocenters. The van der Waals surface area contributed by atoms with E-state index in [1.54, 1.807) is 0 Å². The van der Waals surface area contributed by atoms with Crippen molar-refractivity contribution in [2.75, 3.05) is 11.4 Å². The van der Waals surface area contributed by atoms with Crippen molar-refractivity contribution in [2.45, 2.75) is 55.8 Å². The molecule has 39 heavy (non-hydrogen) atoms. The zero-order valence-corrected chi connectivity index (χ0v) is 20.4. The molecule has 1 aromatic heterocycles. The highest BCUT2D eigenvalue weighted by Crippen LogP contribution is 2.52. The van der Waals surface area contributed by atoms with Gasteiger partial charge in [0.1, 0.15) is 17.9 Å². The van der Waals surface area contributed by atoms with Gasteiger partial charge >= 0.3 is 6.18 Å². The van der Waals surface area contributed by atoms with Crippen molar-refractivity contribution in [1.29, 1.82) is 5.26 Å². The molecule has 1 saturated heterocycles. The molecule has 3 aliphatic rings. The van der Waals surface area contributed by atoms with Crippen LogP contribution in [0.15, 0.2) is 47.0 Å². The molecule has 1 aliphatic heterocycles. The van der Waals surface area contributed by atoms with Gasteiger partial charge in [0.2, 0.25) is 11.8 Å². The van der Waals surface area contributed by atoms with Gasteiger partial charge in [-0.05, 0) is 61.6 Å². The maximum Gasteiger partial charge on any atom is 0.416 e. The molecule has 2 amide bonds. The molecule has 1 spiro atoms. The number of alkyl halides is 3. The highest BCUT2D eigenvalue weighted by Gasteiger charge is 2.61. The van der Waals surface area contributed by atoms with Crippen LogP contribution in [-0.2, 0) is 22.3 Å². The molecule has 6 rings (SSSR count). The van der Waals surface area contributed by atoms with Gasteiger partial charge in [-0.1, -0.05) is 17.3 Å². The number of piperazine rings is 1. The van der Waals surface area contributed by atoms with Crippen LogP contribution in [0, 0.1) is 17.1 Å².